The average molecular weight is 175 g/mol. The molecule has 0 aliphatic heterocycles. The van der Waals surface area contributed by atoms with Crippen molar-refractivity contribution in [1.82, 2.24) is 4.90 Å². The van der Waals surface area contributed by atoms with E-state index < -0.39 is 8.32 Å². The summed E-state index contributed by atoms with van der Waals surface area (Å²) < 4.78 is 5.70. The fourth-order valence-electron chi connectivity index (χ4n) is 1.20. The van der Waals surface area contributed by atoms with Crippen molar-refractivity contribution < 1.29 is 4.43 Å². The van der Waals surface area contributed by atoms with Gasteiger partial charge in [0.15, 0.2) is 8.32 Å². The van der Waals surface area contributed by atoms with Crippen molar-refractivity contribution in [2.24, 2.45) is 0 Å². The van der Waals surface area contributed by atoms with Crippen LogP contribution in [0.15, 0.2) is 0 Å². The van der Waals surface area contributed by atoms with Gasteiger partial charge in [0.25, 0.3) is 0 Å². The smallest absolute Gasteiger partial charge is 0.200 e. The lowest BCUT2D eigenvalue weighted by molar-refractivity contribution is 0.299. The van der Waals surface area contributed by atoms with Crippen LogP contribution in [0.3, 0.4) is 0 Å². The zero-order valence-corrected chi connectivity index (χ0v) is 9.48. The Balaban J connectivity index is 3.70. The molecule has 0 aromatic heterocycles. The Morgan fingerprint density at radius 1 is 1.27 bits per heavy atom. The molecule has 0 spiro atoms. The van der Waals surface area contributed by atoms with Gasteiger partial charge in [-0.3, -0.25) is 0 Å². The molecule has 0 unspecified atom stereocenters. The molecule has 0 atom stereocenters. The highest BCUT2D eigenvalue weighted by Crippen LogP contribution is 2.05. The van der Waals surface area contributed by atoms with Crippen LogP contribution in [-0.4, -0.2) is 39.6 Å². The molecular formula is C8H21NOSi. The molecule has 0 aliphatic carbocycles. The fraction of sp³-hybridized carbons (Fsp3) is 1.00. The van der Waals surface area contributed by atoms with Crippen molar-refractivity contribution in [3.05, 3.63) is 0 Å². The monoisotopic (exact) mass is 175 g/mol. The molecule has 0 aliphatic rings. The van der Waals surface area contributed by atoms with E-state index in [1.165, 1.54) is 0 Å². The van der Waals surface area contributed by atoms with Gasteiger partial charge in [0.2, 0.25) is 0 Å². The van der Waals surface area contributed by atoms with Gasteiger partial charge in [-0.25, -0.2) is 0 Å². The van der Waals surface area contributed by atoms with E-state index in [9.17, 15) is 0 Å². The molecule has 0 N–H and O–H groups in total. The van der Waals surface area contributed by atoms with Gasteiger partial charge in [-0.05, 0) is 33.6 Å². The summed E-state index contributed by atoms with van der Waals surface area (Å²) in [7, 11) is 0.785. The van der Waals surface area contributed by atoms with Crippen molar-refractivity contribution in [2.45, 2.75) is 26.9 Å². The molecule has 0 saturated carbocycles. The predicted octanol–water partition coefficient (Wildman–Crippen LogP) is 1.72. The summed E-state index contributed by atoms with van der Waals surface area (Å²) >= 11 is 0. The Labute approximate surface area is 71.7 Å². The van der Waals surface area contributed by atoms with Crippen LogP contribution in [0.2, 0.25) is 13.1 Å². The van der Waals surface area contributed by atoms with Crippen LogP contribution in [0.5, 0.6) is 0 Å². The van der Waals surface area contributed by atoms with Gasteiger partial charge in [-0.15, -0.1) is 0 Å². The van der Waals surface area contributed by atoms with Crippen LogP contribution >= 0.6 is 0 Å². The molecule has 0 radical (unpaired) electrons. The molecule has 0 amide bonds. The molecule has 2 nitrogen and oxygen atoms in total. The zero-order chi connectivity index (χ0) is 8.91. The Morgan fingerprint density at radius 3 is 2.18 bits per heavy atom. The first-order valence-electron chi connectivity index (χ1n) is 4.34. The standard InChI is InChI=1S/C8H21NOSi/c1-6-9(3)8-11(4,5)10-7-2/h6-8H2,1-5H3. The van der Waals surface area contributed by atoms with Crippen LogP contribution in [0.25, 0.3) is 0 Å². The van der Waals surface area contributed by atoms with E-state index in [0.717, 1.165) is 19.3 Å². The Morgan fingerprint density at radius 2 is 1.82 bits per heavy atom. The van der Waals surface area contributed by atoms with E-state index in [-0.39, 0.29) is 0 Å². The van der Waals surface area contributed by atoms with E-state index in [4.69, 9.17) is 4.43 Å². The number of hydrogen-bond donors (Lipinski definition) is 0. The predicted molar refractivity (Wildman–Crippen MR) is 52.3 cm³/mol. The Kier molecular flexibility index (Phi) is 4.96. The molecule has 0 saturated heterocycles. The minimum atomic E-state index is -1.36. The molecule has 0 bridgehead atoms. The maximum Gasteiger partial charge on any atom is 0.200 e. The van der Waals surface area contributed by atoms with E-state index >= 15 is 0 Å². The highest BCUT2D eigenvalue weighted by molar-refractivity contribution is 6.71. The van der Waals surface area contributed by atoms with Gasteiger partial charge < -0.3 is 9.33 Å². The van der Waals surface area contributed by atoms with Crippen molar-refractivity contribution >= 4 is 8.32 Å². The van der Waals surface area contributed by atoms with Crippen molar-refractivity contribution in [3.8, 4) is 0 Å². The molecular weight excluding hydrogens is 154 g/mol. The van der Waals surface area contributed by atoms with E-state index in [2.05, 4.69) is 38.9 Å². The second-order valence-electron chi connectivity index (χ2n) is 3.52. The highest BCUT2D eigenvalue weighted by Gasteiger charge is 2.22. The summed E-state index contributed by atoms with van der Waals surface area (Å²) in [6.45, 7) is 10.8. The maximum atomic E-state index is 5.70. The van der Waals surface area contributed by atoms with E-state index in [0.29, 0.717) is 0 Å². The van der Waals surface area contributed by atoms with Gasteiger partial charge in [0.05, 0.1) is 0 Å². The molecule has 0 aromatic carbocycles. The van der Waals surface area contributed by atoms with Gasteiger partial charge in [-0.1, -0.05) is 6.92 Å². The molecule has 11 heavy (non-hydrogen) atoms. The molecule has 68 valence electrons. The summed E-state index contributed by atoms with van der Waals surface area (Å²) in [5.41, 5.74) is 0. The van der Waals surface area contributed by atoms with Crippen LogP contribution in [0.1, 0.15) is 13.8 Å². The normalized spacial score (nSPS) is 12.5. The second kappa shape index (κ2) is 4.90. The van der Waals surface area contributed by atoms with Crippen LogP contribution in [0.4, 0.5) is 0 Å². The first kappa shape index (κ1) is 11.1. The van der Waals surface area contributed by atoms with Crippen molar-refractivity contribution in [3.63, 3.8) is 0 Å². The van der Waals surface area contributed by atoms with Crippen molar-refractivity contribution in [1.29, 1.82) is 0 Å². The average Bonchev–Trinajstić information content (AvgIpc) is 1.86. The van der Waals surface area contributed by atoms with Crippen LogP contribution in [0, 0.1) is 0 Å². The summed E-state index contributed by atoms with van der Waals surface area (Å²) in [6, 6.07) is 0. The first-order chi connectivity index (χ1) is 5.02. The van der Waals surface area contributed by atoms with Gasteiger partial charge in [-0.2, -0.15) is 0 Å². The lowest BCUT2D eigenvalue weighted by Gasteiger charge is -2.27. The highest BCUT2D eigenvalue weighted by atomic mass is 28.4. The SMILES string of the molecule is CCO[Si](C)(C)CN(C)CC. The minimum absolute atomic E-state index is 0.858. The molecule has 0 aromatic rings. The lowest BCUT2D eigenvalue weighted by atomic mass is 10.7. The molecule has 0 fully saturated rings. The summed E-state index contributed by atoms with van der Waals surface area (Å²) in [4.78, 5) is 2.32. The number of hydrogen-bond acceptors (Lipinski definition) is 2. The fourth-order valence-corrected chi connectivity index (χ4v) is 3.59. The van der Waals surface area contributed by atoms with E-state index in [1.54, 1.807) is 0 Å². The third kappa shape index (κ3) is 5.41. The quantitative estimate of drug-likeness (QED) is 0.590. The summed E-state index contributed by atoms with van der Waals surface area (Å²) in [5.74, 6) is 0. The lowest BCUT2D eigenvalue weighted by Crippen LogP contribution is -2.43. The van der Waals surface area contributed by atoms with Crippen molar-refractivity contribution in [2.75, 3.05) is 26.4 Å². The molecule has 3 heteroatoms. The first-order valence-corrected chi connectivity index (χ1v) is 7.46. The minimum Gasteiger partial charge on any atom is -0.416 e. The molecule has 0 heterocycles. The zero-order valence-electron chi connectivity index (χ0n) is 8.48. The summed E-state index contributed by atoms with van der Waals surface area (Å²) in [6.07, 6.45) is 1.14. The Hall–Kier alpha value is 0.137. The third-order valence-electron chi connectivity index (χ3n) is 1.73. The van der Waals surface area contributed by atoms with Gasteiger partial charge >= 0.3 is 0 Å². The number of nitrogens with zero attached hydrogens (tertiary/aromatic N) is 1. The molecule has 0 rings (SSSR count). The Bertz CT molecular complexity index is 106. The van der Waals surface area contributed by atoms with Gasteiger partial charge in [0.1, 0.15) is 0 Å². The van der Waals surface area contributed by atoms with Crippen LogP contribution < -0.4 is 0 Å². The maximum absolute atomic E-state index is 5.70. The third-order valence-corrected chi connectivity index (χ3v) is 4.10. The topological polar surface area (TPSA) is 12.5 Å². The number of rotatable bonds is 5. The van der Waals surface area contributed by atoms with Gasteiger partial charge in [0, 0.05) is 12.8 Å². The van der Waals surface area contributed by atoms with E-state index in [1.807, 2.05) is 0 Å². The second-order valence-corrected chi connectivity index (χ2v) is 7.65. The largest absolute Gasteiger partial charge is 0.416 e. The summed E-state index contributed by atoms with van der Waals surface area (Å²) in [5, 5.41) is 0. The van der Waals surface area contributed by atoms with Crippen LogP contribution in [-0.2, 0) is 4.43 Å².